The van der Waals surface area contributed by atoms with Crippen LogP contribution in [0, 0.1) is 0 Å². The smallest absolute Gasteiger partial charge is 0.187 e. The van der Waals surface area contributed by atoms with Gasteiger partial charge < -0.3 is 10.1 Å². The van der Waals surface area contributed by atoms with Crippen molar-refractivity contribution in [3.05, 3.63) is 18.2 Å². The Morgan fingerprint density at radius 3 is 2.71 bits per heavy atom. The molecule has 0 atom stereocenters. The molecule has 0 saturated heterocycles. The van der Waals surface area contributed by atoms with E-state index in [1.54, 1.807) is 25.3 Å². The van der Waals surface area contributed by atoms with E-state index in [1.807, 2.05) is 0 Å². The number of hydrogen-bond acceptors (Lipinski definition) is 4. The highest BCUT2D eigenvalue weighted by Crippen LogP contribution is 2.47. The van der Waals surface area contributed by atoms with Crippen molar-refractivity contribution in [2.45, 2.75) is 28.9 Å². The van der Waals surface area contributed by atoms with Crippen molar-refractivity contribution in [1.29, 1.82) is 0 Å². The lowest BCUT2D eigenvalue weighted by Crippen LogP contribution is -2.53. The fourth-order valence-corrected chi connectivity index (χ4v) is 4.83. The lowest BCUT2D eigenvalue weighted by molar-refractivity contribution is 0.347. The van der Waals surface area contributed by atoms with Gasteiger partial charge in [-0.2, -0.15) is 0 Å². The summed E-state index contributed by atoms with van der Waals surface area (Å²) in [6, 6.07) is 5.10. The maximum Gasteiger partial charge on any atom is 0.187 e. The van der Waals surface area contributed by atoms with Gasteiger partial charge in [-0.15, -0.1) is 0 Å². The highest BCUT2D eigenvalue weighted by Gasteiger charge is 2.52. The minimum absolute atomic E-state index is 0.421. The molecule has 4 nitrogen and oxygen atoms in total. The third-order valence-electron chi connectivity index (χ3n) is 3.91. The number of sulfone groups is 1. The summed E-state index contributed by atoms with van der Waals surface area (Å²) in [6.45, 7) is 0.523. The monoisotopic (exact) mass is 253 g/mol. The highest BCUT2D eigenvalue weighted by molar-refractivity contribution is 7.93. The predicted octanol–water partition coefficient (Wildman–Crippen LogP) is 1.82. The van der Waals surface area contributed by atoms with Crippen LogP contribution >= 0.6 is 0 Å². The van der Waals surface area contributed by atoms with E-state index in [4.69, 9.17) is 4.74 Å². The van der Waals surface area contributed by atoms with Gasteiger partial charge in [0.25, 0.3) is 0 Å². The van der Waals surface area contributed by atoms with Crippen LogP contribution in [0.15, 0.2) is 23.1 Å². The van der Waals surface area contributed by atoms with Crippen LogP contribution in [-0.2, 0) is 9.84 Å². The molecule has 1 saturated carbocycles. The van der Waals surface area contributed by atoms with E-state index in [0.29, 0.717) is 22.9 Å². The standard InChI is InChI=1S/C12H15NO3S/c1-16-9-3-4-11-10(7-9)13-8-12(5-2-6-12)17(11,14)15/h3-4,7,13H,2,5-6,8H2,1H3. The Morgan fingerprint density at radius 1 is 1.35 bits per heavy atom. The Bertz CT molecular complexity index is 561. The van der Waals surface area contributed by atoms with Crippen LogP contribution in [0.5, 0.6) is 5.75 Å². The summed E-state index contributed by atoms with van der Waals surface area (Å²) in [6.07, 6.45) is 2.55. The van der Waals surface area contributed by atoms with Crippen molar-refractivity contribution in [3.8, 4) is 5.75 Å². The number of hydrogen-bond donors (Lipinski definition) is 1. The fraction of sp³-hybridized carbons (Fsp3) is 0.500. The predicted molar refractivity (Wildman–Crippen MR) is 65.3 cm³/mol. The third kappa shape index (κ3) is 1.32. The second kappa shape index (κ2) is 3.38. The first-order valence-corrected chi connectivity index (χ1v) is 7.24. The zero-order valence-electron chi connectivity index (χ0n) is 9.69. The van der Waals surface area contributed by atoms with Crippen molar-refractivity contribution in [1.82, 2.24) is 0 Å². The lowest BCUT2D eigenvalue weighted by Gasteiger charge is -2.44. The number of fused-ring (bicyclic) bond motifs is 1. The average molecular weight is 253 g/mol. The molecule has 5 heteroatoms. The van der Waals surface area contributed by atoms with E-state index in [0.717, 1.165) is 19.3 Å². The Hall–Kier alpha value is -1.23. The molecule has 0 amide bonds. The number of anilines is 1. The Labute approximate surface area is 101 Å². The second-order valence-electron chi connectivity index (χ2n) is 4.76. The first-order chi connectivity index (χ1) is 8.09. The van der Waals surface area contributed by atoms with Gasteiger partial charge in [-0.25, -0.2) is 8.42 Å². The van der Waals surface area contributed by atoms with Gasteiger partial charge >= 0.3 is 0 Å². The minimum atomic E-state index is -3.19. The van der Waals surface area contributed by atoms with Gasteiger partial charge in [-0.05, 0) is 25.0 Å². The molecule has 1 N–H and O–H groups in total. The molecule has 2 aliphatic rings. The van der Waals surface area contributed by atoms with E-state index >= 15 is 0 Å². The molecule has 0 aromatic heterocycles. The van der Waals surface area contributed by atoms with E-state index in [9.17, 15) is 8.42 Å². The molecule has 1 fully saturated rings. The summed E-state index contributed by atoms with van der Waals surface area (Å²) >= 11 is 0. The van der Waals surface area contributed by atoms with Crippen LogP contribution in [0.2, 0.25) is 0 Å². The number of methoxy groups -OCH3 is 1. The zero-order chi connectivity index (χ0) is 12.1. The molecule has 0 unspecified atom stereocenters. The van der Waals surface area contributed by atoms with Crippen LogP contribution in [0.25, 0.3) is 0 Å². The molecule has 0 bridgehead atoms. The molecule has 1 aromatic rings. The summed E-state index contributed by atoms with van der Waals surface area (Å²) in [4.78, 5) is 0.421. The van der Waals surface area contributed by atoms with Gasteiger partial charge in [0.2, 0.25) is 0 Å². The fourth-order valence-electron chi connectivity index (χ4n) is 2.61. The van der Waals surface area contributed by atoms with Crippen molar-refractivity contribution in [3.63, 3.8) is 0 Å². The van der Waals surface area contributed by atoms with E-state index in [-0.39, 0.29) is 0 Å². The van der Waals surface area contributed by atoms with Gasteiger partial charge in [-0.1, -0.05) is 6.42 Å². The summed E-state index contributed by atoms with van der Waals surface area (Å²) in [5.74, 6) is 0.677. The first kappa shape index (κ1) is 10.9. The molecule has 1 aliphatic carbocycles. The number of rotatable bonds is 1. The Morgan fingerprint density at radius 2 is 2.12 bits per heavy atom. The van der Waals surface area contributed by atoms with Gasteiger partial charge in [0.1, 0.15) is 5.75 Å². The maximum atomic E-state index is 12.5. The van der Waals surface area contributed by atoms with Crippen molar-refractivity contribution < 1.29 is 13.2 Å². The van der Waals surface area contributed by atoms with Crippen LogP contribution in [0.4, 0.5) is 5.69 Å². The third-order valence-corrected chi connectivity index (χ3v) is 6.54. The summed E-state index contributed by atoms with van der Waals surface area (Å²) in [7, 11) is -1.61. The lowest BCUT2D eigenvalue weighted by atomic mass is 9.84. The largest absolute Gasteiger partial charge is 0.497 e. The first-order valence-electron chi connectivity index (χ1n) is 5.76. The second-order valence-corrected chi connectivity index (χ2v) is 7.07. The quantitative estimate of drug-likeness (QED) is 0.829. The Kier molecular flexibility index (Phi) is 2.17. The molecule has 1 spiro atoms. The van der Waals surface area contributed by atoms with E-state index in [2.05, 4.69) is 5.32 Å². The maximum absolute atomic E-state index is 12.5. The minimum Gasteiger partial charge on any atom is -0.497 e. The molecular weight excluding hydrogens is 238 g/mol. The molecule has 17 heavy (non-hydrogen) atoms. The average Bonchev–Trinajstić information content (AvgIpc) is 2.26. The molecule has 1 heterocycles. The van der Waals surface area contributed by atoms with Crippen LogP contribution in [0.1, 0.15) is 19.3 Å². The number of benzene rings is 1. The number of ether oxygens (including phenoxy) is 1. The highest BCUT2D eigenvalue weighted by atomic mass is 32.2. The topological polar surface area (TPSA) is 55.4 Å². The van der Waals surface area contributed by atoms with E-state index < -0.39 is 14.6 Å². The van der Waals surface area contributed by atoms with Gasteiger partial charge in [-0.3, -0.25) is 0 Å². The summed E-state index contributed by atoms with van der Waals surface area (Å²) in [5, 5.41) is 3.23. The van der Waals surface area contributed by atoms with Gasteiger partial charge in [0.05, 0.1) is 22.4 Å². The summed E-state index contributed by atoms with van der Waals surface area (Å²) < 4.78 is 29.6. The number of nitrogens with one attached hydrogen (secondary N) is 1. The molecule has 3 rings (SSSR count). The molecule has 1 aromatic carbocycles. The van der Waals surface area contributed by atoms with Crippen LogP contribution in [0.3, 0.4) is 0 Å². The van der Waals surface area contributed by atoms with Crippen LogP contribution in [-0.4, -0.2) is 26.8 Å². The molecule has 92 valence electrons. The Balaban J connectivity index is 2.14. The van der Waals surface area contributed by atoms with Crippen molar-refractivity contribution in [2.75, 3.05) is 19.0 Å². The molecular formula is C12H15NO3S. The van der Waals surface area contributed by atoms with Gasteiger partial charge in [0, 0.05) is 12.6 Å². The normalized spacial score (nSPS) is 23.4. The van der Waals surface area contributed by atoms with Gasteiger partial charge in [0.15, 0.2) is 9.84 Å². The van der Waals surface area contributed by atoms with Crippen LogP contribution < -0.4 is 10.1 Å². The molecule has 0 radical (unpaired) electrons. The molecule has 1 aliphatic heterocycles. The van der Waals surface area contributed by atoms with E-state index in [1.165, 1.54) is 0 Å². The van der Waals surface area contributed by atoms with Crippen molar-refractivity contribution in [2.24, 2.45) is 0 Å². The summed E-state index contributed by atoms with van der Waals surface area (Å²) in [5.41, 5.74) is 0.668. The van der Waals surface area contributed by atoms with Crippen molar-refractivity contribution >= 4 is 15.5 Å². The SMILES string of the molecule is COc1ccc2c(c1)NCC1(CCC1)S2(=O)=O. The zero-order valence-corrected chi connectivity index (χ0v) is 10.5.